The summed E-state index contributed by atoms with van der Waals surface area (Å²) < 4.78 is 0. The lowest BCUT2D eigenvalue weighted by Gasteiger charge is -2.04. The van der Waals surface area contributed by atoms with Crippen molar-refractivity contribution < 1.29 is 0 Å². The van der Waals surface area contributed by atoms with Gasteiger partial charge in [0.1, 0.15) is 0 Å². The topological polar surface area (TPSA) is 0 Å². The van der Waals surface area contributed by atoms with Gasteiger partial charge in [0.25, 0.3) is 0 Å². The van der Waals surface area contributed by atoms with E-state index in [0.29, 0.717) is 0 Å². The maximum Gasteiger partial charge on any atom is 0.0781 e. The third kappa shape index (κ3) is 7.74. The van der Waals surface area contributed by atoms with Crippen LogP contribution in [0.3, 0.4) is 0 Å². The molecule has 0 radical (unpaired) electrons. The predicted molar refractivity (Wildman–Crippen MR) is 46.3 cm³/mol. The first-order valence-corrected chi connectivity index (χ1v) is 6.90. The molecule has 0 saturated carbocycles. The van der Waals surface area contributed by atoms with Crippen LogP contribution in [0.2, 0.25) is 19.6 Å². The van der Waals surface area contributed by atoms with Crippen LogP contribution in [0.4, 0.5) is 0 Å². The van der Waals surface area contributed by atoms with E-state index in [-0.39, 0.29) is 0 Å². The summed E-state index contributed by atoms with van der Waals surface area (Å²) in [5.74, 6) is 0. The van der Waals surface area contributed by atoms with Gasteiger partial charge in [-0.1, -0.05) is 25.3 Å². The molecule has 0 aromatic carbocycles. The first kappa shape index (κ1) is 8.74. The van der Waals surface area contributed by atoms with Crippen LogP contribution in [-0.2, 0) is 0 Å². The van der Waals surface area contributed by atoms with Crippen molar-refractivity contribution in [2.75, 3.05) is 0 Å². The average Bonchev–Trinajstić information content (AvgIpc) is 1.59. The van der Waals surface area contributed by atoms with Crippen molar-refractivity contribution >= 4 is 8.07 Å². The summed E-state index contributed by atoms with van der Waals surface area (Å²) >= 11 is 0. The third-order valence-electron chi connectivity index (χ3n) is 0.794. The maximum absolute atomic E-state index is 3.24. The third-order valence-corrected chi connectivity index (χ3v) is 1.80. The summed E-state index contributed by atoms with van der Waals surface area (Å²) in [5.41, 5.74) is 6.75. The fraction of sp³-hybridized carbons (Fsp3) is 0.625. The van der Waals surface area contributed by atoms with Crippen LogP contribution < -0.4 is 0 Å². The normalized spacial score (nSPS) is 10.3. The summed E-state index contributed by atoms with van der Waals surface area (Å²) in [6, 6.07) is 0. The minimum Gasteiger partial charge on any atom is -0.131 e. The highest BCUT2D eigenvalue weighted by Gasteiger charge is 2.05. The smallest absolute Gasteiger partial charge is 0.0781 e. The van der Waals surface area contributed by atoms with Gasteiger partial charge in [0.05, 0.1) is 8.07 Å². The number of rotatable bonds is 1. The van der Waals surface area contributed by atoms with Gasteiger partial charge in [0.2, 0.25) is 0 Å². The van der Waals surface area contributed by atoms with E-state index >= 15 is 0 Å². The van der Waals surface area contributed by atoms with Crippen molar-refractivity contribution in [3.8, 4) is 0 Å². The Kier molecular flexibility index (Phi) is 2.96. The zero-order valence-electron chi connectivity index (χ0n) is 7.08. The number of hydrogen-bond acceptors (Lipinski definition) is 0. The number of hydrogen-bond donors (Lipinski definition) is 0. The van der Waals surface area contributed by atoms with E-state index in [1.54, 1.807) is 0 Å². The molecule has 52 valence electrons. The van der Waals surface area contributed by atoms with Crippen LogP contribution >= 0.6 is 0 Å². The summed E-state index contributed by atoms with van der Waals surface area (Å²) in [6.45, 7) is 11.1. The van der Waals surface area contributed by atoms with Gasteiger partial charge >= 0.3 is 0 Å². The van der Waals surface area contributed by atoms with E-state index in [4.69, 9.17) is 0 Å². The molecule has 0 amide bonds. The Morgan fingerprint density at radius 2 is 1.67 bits per heavy atom. The quantitative estimate of drug-likeness (QED) is 0.388. The van der Waals surface area contributed by atoms with Crippen molar-refractivity contribution in [1.29, 1.82) is 0 Å². The lowest BCUT2D eigenvalue weighted by molar-refractivity contribution is 1.41. The lowest BCUT2D eigenvalue weighted by Crippen LogP contribution is -2.14. The molecule has 0 spiro atoms. The monoisotopic (exact) mass is 140 g/mol. The minimum atomic E-state index is -0.977. The van der Waals surface area contributed by atoms with Gasteiger partial charge in [-0.05, 0) is 19.4 Å². The minimum absolute atomic E-state index is 0.977. The van der Waals surface area contributed by atoms with E-state index in [1.807, 2.05) is 0 Å². The fourth-order valence-electron chi connectivity index (χ4n) is 0.361. The Bertz CT molecular complexity index is 138. The Labute approximate surface area is 59.3 Å². The Morgan fingerprint density at radius 1 is 1.22 bits per heavy atom. The predicted octanol–water partition coefficient (Wildman–Crippen LogP) is 2.99. The van der Waals surface area contributed by atoms with E-state index in [0.717, 1.165) is 0 Å². The summed E-state index contributed by atoms with van der Waals surface area (Å²) in [6.07, 6.45) is 0. The van der Waals surface area contributed by atoms with Crippen molar-refractivity contribution in [3.05, 3.63) is 17.0 Å². The molecule has 0 aromatic heterocycles. The maximum atomic E-state index is 3.24. The van der Waals surface area contributed by atoms with Gasteiger partial charge in [0, 0.05) is 0 Å². The van der Waals surface area contributed by atoms with Crippen molar-refractivity contribution in [2.45, 2.75) is 33.5 Å². The molecular weight excluding hydrogens is 124 g/mol. The molecular formula is C8H16Si. The fourth-order valence-corrected chi connectivity index (χ4v) is 1.08. The Balaban J connectivity index is 4.17. The molecule has 0 saturated heterocycles. The van der Waals surface area contributed by atoms with E-state index in [2.05, 4.69) is 44.9 Å². The van der Waals surface area contributed by atoms with Gasteiger partial charge in [-0.3, -0.25) is 0 Å². The van der Waals surface area contributed by atoms with E-state index < -0.39 is 8.07 Å². The van der Waals surface area contributed by atoms with Gasteiger partial charge in [-0.15, -0.1) is 5.73 Å². The van der Waals surface area contributed by atoms with E-state index in [1.165, 1.54) is 5.57 Å². The number of allylic oxidation sites excluding steroid dienone is 1. The van der Waals surface area contributed by atoms with Crippen LogP contribution in [0.5, 0.6) is 0 Å². The summed E-state index contributed by atoms with van der Waals surface area (Å²) in [5, 5.41) is 0. The van der Waals surface area contributed by atoms with E-state index in [9.17, 15) is 0 Å². The van der Waals surface area contributed by atoms with Crippen LogP contribution in [-0.4, -0.2) is 8.07 Å². The second kappa shape index (κ2) is 3.05. The molecule has 0 aliphatic carbocycles. The summed E-state index contributed by atoms with van der Waals surface area (Å²) in [7, 11) is -0.977. The van der Waals surface area contributed by atoms with Crippen molar-refractivity contribution in [1.82, 2.24) is 0 Å². The molecule has 1 heteroatoms. The van der Waals surface area contributed by atoms with Gasteiger partial charge in [0.15, 0.2) is 0 Å². The second-order valence-corrected chi connectivity index (χ2v) is 8.68. The highest BCUT2D eigenvalue weighted by atomic mass is 28.3. The molecule has 0 bridgehead atoms. The molecule has 0 atom stereocenters. The first-order valence-electron chi connectivity index (χ1n) is 3.33. The van der Waals surface area contributed by atoms with Gasteiger partial charge in [-0.25, -0.2) is 0 Å². The SMILES string of the molecule is CC(C)=C=C[Si](C)(C)C. The highest BCUT2D eigenvalue weighted by molar-refractivity contribution is 6.80. The van der Waals surface area contributed by atoms with Gasteiger partial charge < -0.3 is 0 Å². The molecule has 0 rings (SSSR count). The van der Waals surface area contributed by atoms with Crippen LogP contribution in [0.1, 0.15) is 13.8 Å². The standard InChI is InChI=1S/C8H16Si/c1-8(2)6-7-9(3,4)5/h7H,1-5H3. The zero-order valence-corrected chi connectivity index (χ0v) is 8.08. The molecule has 0 unspecified atom stereocenters. The Hall–Kier alpha value is -0.263. The molecule has 0 heterocycles. The Morgan fingerprint density at radius 3 is 1.78 bits per heavy atom. The van der Waals surface area contributed by atoms with Crippen molar-refractivity contribution in [3.63, 3.8) is 0 Å². The van der Waals surface area contributed by atoms with Crippen LogP contribution in [0.25, 0.3) is 0 Å². The molecule has 0 N–H and O–H groups in total. The highest BCUT2D eigenvalue weighted by Crippen LogP contribution is 2.00. The molecule has 0 nitrogen and oxygen atoms in total. The average molecular weight is 140 g/mol. The lowest BCUT2D eigenvalue weighted by atomic mass is 10.4. The molecule has 0 aromatic rings. The molecule has 0 fully saturated rings. The molecule has 0 aliphatic heterocycles. The van der Waals surface area contributed by atoms with Crippen molar-refractivity contribution in [2.24, 2.45) is 0 Å². The van der Waals surface area contributed by atoms with Crippen LogP contribution in [0, 0.1) is 0 Å². The second-order valence-electron chi connectivity index (χ2n) is 3.65. The first-order chi connectivity index (χ1) is 3.92. The molecule has 0 aliphatic rings. The van der Waals surface area contributed by atoms with Crippen LogP contribution in [0.15, 0.2) is 17.0 Å². The molecule has 9 heavy (non-hydrogen) atoms. The zero-order chi connectivity index (χ0) is 7.49. The summed E-state index contributed by atoms with van der Waals surface area (Å²) in [4.78, 5) is 0. The largest absolute Gasteiger partial charge is 0.131 e. The van der Waals surface area contributed by atoms with Gasteiger partial charge in [-0.2, -0.15) is 0 Å².